The van der Waals surface area contributed by atoms with Crippen molar-refractivity contribution in [3.05, 3.63) is 87.4 Å². The fourth-order valence-corrected chi connectivity index (χ4v) is 5.90. The molecule has 0 spiro atoms. The van der Waals surface area contributed by atoms with Crippen LogP contribution in [0.25, 0.3) is 5.70 Å². The lowest BCUT2D eigenvalue weighted by Gasteiger charge is -2.36. The molecule has 0 radical (unpaired) electrons. The van der Waals surface area contributed by atoms with Gasteiger partial charge in [-0.2, -0.15) is 0 Å². The molecule has 3 aliphatic rings. The lowest BCUT2D eigenvalue weighted by Crippen LogP contribution is -2.42. The average Bonchev–Trinajstić information content (AvgIpc) is 3.36. The summed E-state index contributed by atoms with van der Waals surface area (Å²) in [6.45, 7) is 6.56. The SMILES string of the molecule is CCOC(=O)C1=C(c2ccccc2)N=C2SC=C(CC(=O)NCCN3CCOCC3)N2[C@@H]1c1ccc(Cl)cc1. The zero-order valence-electron chi connectivity index (χ0n) is 21.8. The maximum absolute atomic E-state index is 13.5. The molecule has 1 amide bonds. The van der Waals surface area contributed by atoms with Crippen molar-refractivity contribution in [1.29, 1.82) is 0 Å². The van der Waals surface area contributed by atoms with Gasteiger partial charge in [0.25, 0.3) is 0 Å². The highest BCUT2D eigenvalue weighted by molar-refractivity contribution is 8.16. The summed E-state index contributed by atoms with van der Waals surface area (Å²) in [4.78, 5) is 35.7. The predicted octanol–water partition coefficient (Wildman–Crippen LogP) is 4.45. The number of rotatable bonds is 9. The smallest absolute Gasteiger partial charge is 0.338 e. The van der Waals surface area contributed by atoms with E-state index in [0.29, 0.717) is 28.0 Å². The molecule has 0 aromatic heterocycles. The molecule has 5 rings (SSSR count). The van der Waals surface area contributed by atoms with Crippen LogP contribution in [0.15, 0.2) is 76.3 Å². The van der Waals surface area contributed by atoms with Gasteiger partial charge in [0, 0.05) is 42.5 Å². The molecule has 10 heteroatoms. The number of nitrogens with one attached hydrogen (secondary N) is 1. The molecule has 1 fully saturated rings. The Morgan fingerprint density at radius 2 is 1.87 bits per heavy atom. The summed E-state index contributed by atoms with van der Waals surface area (Å²) in [5.74, 6) is -0.521. The number of amidine groups is 1. The van der Waals surface area contributed by atoms with Crippen LogP contribution in [0.1, 0.15) is 30.5 Å². The number of halogens is 1. The summed E-state index contributed by atoms with van der Waals surface area (Å²) in [6, 6.07) is 16.5. The van der Waals surface area contributed by atoms with Gasteiger partial charge >= 0.3 is 5.97 Å². The first kappa shape index (κ1) is 27.5. The van der Waals surface area contributed by atoms with E-state index < -0.39 is 12.0 Å². The minimum atomic E-state index is -0.536. The van der Waals surface area contributed by atoms with Crippen LogP contribution in [0.3, 0.4) is 0 Å². The summed E-state index contributed by atoms with van der Waals surface area (Å²) in [7, 11) is 0. The highest BCUT2D eigenvalue weighted by Gasteiger charge is 2.42. The number of amides is 1. The lowest BCUT2D eigenvalue weighted by molar-refractivity contribution is -0.139. The van der Waals surface area contributed by atoms with E-state index in [9.17, 15) is 9.59 Å². The van der Waals surface area contributed by atoms with Crippen molar-refractivity contribution in [3.63, 3.8) is 0 Å². The number of nitrogens with zero attached hydrogens (tertiary/aromatic N) is 3. The number of thioether (sulfide) groups is 1. The van der Waals surface area contributed by atoms with E-state index in [1.807, 2.05) is 52.8 Å². The monoisotopic (exact) mass is 566 g/mol. The van der Waals surface area contributed by atoms with Gasteiger partial charge in [-0.1, -0.05) is 65.8 Å². The molecule has 2 aromatic rings. The Labute approximate surface area is 237 Å². The zero-order chi connectivity index (χ0) is 27.2. The summed E-state index contributed by atoms with van der Waals surface area (Å²) in [5, 5.41) is 6.29. The number of aliphatic imine (C=N–C) groups is 1. The highest BCUT2D eigenvalue weighted by atomic mass is 35.5. The molecule has 0 bridgehead atoms. The second-order valence-corrected chi connectivity index (χ2v) is 10.5. The quantitative estimate of drug-likeness (QED) is 0.449. The number of esters is 1. The average molecular weight is 567 g/mol. The number of carbonyl (C=O) groups excluding carboxylic acids is 2. The topological polar surface area (TPSA) is 83.5 Å². The van der Waals surface area contributed by atoms with Crippen molar-refractivity contribution < 1.29 is 19.1 Å². The van der Waals surface area contributed by atoms with E-state index in [1.54, 1.807) is 19.1 Å². The van der Waals surface area contributed by atoms with E-state index in [-0.39, 0.29) is 18.9 Å². The Bertz CT molecular complexity index is 1290. The van der Waals surface area contributed by atoms with Crippen molar-refractivity contribution in [2.45, 2.75) is 19.4 Å². The van der Waals surface area contributed by atoms with E-state index >= 15 is 0 Å². The summed E-state index contributed by atoms with van der Waals surface area (Å²) >= 11 is 7.67. The van der Waals surface area contributed by atoms with Crippen LogP contribution in [0.5, 0.6) is 0 Å². The minimum Gasteiger partial charge on any atom is -0.463 e. The maximum atomic E-state index is 13.5. The molecule has 3 aliphatic heterocycles. The largest absolute Gasteiger partial charge is 0.463 e. The van der Waals surface area contributed by atoms with Crippen LogP contribution in [0, 0.1) is 0 Å². The van der Waals surface area contributed by atoms with Crippen molar-refractivity contribution in [3.8, 4) is 0 Å². The van der Waals surface area contributed by atoms with E-state index in [4.69, 9.17) is 26.1 Å². The Hall–Kier alpha value is -3.11. The number of ether oxygens (including phenoxy) is 2. The van der Waals surface area contributed by atoms with Crippen LogP contribution in [-0.4, -0.2) is 72.8 Å². The molecule has 0 unspecified atom stereocenters. The molecule has 204 valence electrons. The zero-order valence-corrected chi connectivity index (χ0v) is 23.3. The van der Waals surface area contributed by atoms with Gasteiger partial charge in [-0.15, -0.1) is 0 Å². The Morgan fingerprint density at radius 1 is 1.13 bits per heavy atom. The van der Waals surface area contributed by atoms with Crippen molar-refractivity contribution >= 4 is 46.1 Å². The number of morpholine rings is 1. The van der Waals surface area contributed by atoms with E-state index in [0.717, 1.165) is 49.7 Å². The summed E-state index contributed by atoms with van der Waals surface area (Å²) in [6.07, 6.45) is 0.163. The third-order valence-electron chi connectivity index (χ3n) is 6.73. The molecule has 0 saturated carbocycles. The van der Waals surface area contributed by atoms with Gasteiger partial charge in [0.2, 0.25) is 5.91 Å². The standard InChI is InChI=1S/C29H31ClN4O4S/c1-2-38-28(36)25-26(20-6-4-3-5-7-20)32-29-34(27(25)21-8-10-22(30)11-9-21)23(19-39-29)18-24(35)31-12-13-33-14-16-37-17-15-33/h3-11,19,27H,2,12-18H2,1H3,(H,31,35)/t27-/m1/s1. The second-order valence-electron chi connectivity index (χ2n) is 9.28. The molecule has 8 nitrogen and oxygen atoms in total. The fraction of sp³-hybridized carbons (Fsp3) is 0.345. The first-order valence-corrected chi connectivity index (χ1v) is 14.3. The van der Waals surface area contributed by atoms with Gasteiger partial charge < -0.3 is 19.7 Å². The maximum Gasteiger partial charge on any atom is 0.338 e. The third-order valence-corrected chi connectivity index (χ3v) is 7.87. The van der Waals surface area contributed by atoms with Crippen molar-refractivity contribution in [2.24, 2.45) is 4.99 Å². The van der Waals surface area contributed by atoms with E-state index in [1.165, 1.54) is 11.8 Å². The van der Waals surface area contributed by atoms with Gasteiger partial charge in [0.15, 0.2) is 5.17 Å². The number of carbonyl (C=O) groups is 2. The molecule has 0 aliphatic carbocycles. The summed E-state index contributed by atoms with van der Waals surface area (Å²) < 4.78 is 10.9. The van der Waals surface area contributed by atoms with Gasteiger partial charge in [-0.25, -0.2) is 9.79 Å². The molecule has 1 atom stereocenters. The molecule has 1 N–H and O–H groups in total. The third kappa shape index (κ3) is 6.38. The van der Waals surface area contributed by atoms with Crippen molar-refractivity contribution in [1.82, 2.24) is 15.1 Å². The van der Waals surface area contributed by atoms with Gasteiger partial charge in [-0.3, -0.25) is 9.69 Å². The van der Waals surface area contributed by atoms with E-state index in [2.05, 4.69) is 10.2 Å². The van der Waals surface area contributed by atoms with Crippen LogP contribution in [0.4, 0.5) is 0 Å². The first-order valence-electron chi connectivity index (χ1n) is 13.1. The van der Waals surface area contributed by atoms with Crippen molar-refractivity contribution in [2.75, 3.05) is 46.0 Å². The number of fused-ring (bicyclic) bond motifs is 1. The molecular formula is C29H31ClN4O4S. The van der Waals surface area contributed by atoms with Crippen LogP contribution < -0.4 is 5.32 Å². The number of hydrogen-bond acceptors (Lipinski definition) is 8. The molecular weight excluding hydrogens is 536 g/mol. The molecule has 39 heavy (non-hydrogen) atoms. The van der Waals surface area contributed by atoms with Crippen LogP contribution in [-0.2, 0) is 19.1 Å². The molecule has 3 heterocycles. The van der Waals surface area contributed by atoms with Gasteiger partial charge in [0.1, 0.15) is 0 Å². The van der Waals surface area contributed by atoms with Gasteiger partial charge in [0.05, 0.1) is 43.6 Å². The molecule has 1 saturated heterocycles. The predicted molar refractivity (Wildman–Crippen MR) is 154 cm³/mol. The van der Waals surface area contributed by atoms with Gasteiger partial charge in [-0.05, 0) is 30.0 Å². The lowest BCUT2D eigenvalue weighted by atomic mass is 9.91. The minimum absolute atomic E-state index is 0.0817. The Morgan fingerprint density at radius 3 is 2.59 bits per heavy atom. The normalized spacial score (nSPS) is 19.3. The number of benzene rings is 2. The highest BCUT2D eigenvalue weighted by Crippen LogP contribution is 2.47. The first-order chi connectivity index (χ1) is 19.0. The Balaban J connectivity index is 1.44. The van der Waals surface area contributed by atoms with Crippen LogP contribution in [0.2, 0.25) is 5.02 Å². The fourth-order valence-electron chi connectivity index (χ4n) is 4.85. The second kappa shape index (κ2) is 12.8. The summed E-state index contributed by atoms with van der Waals surface area (Å²) in [5.41, 5.74) is 3.44. The van der Waals surface area contributed by atoms with Crippen LogP contribution >= 0.6 is 23.4 Å². The molecule has 2 aromatic carbocycles. The Kier molecular flexibility index (Phi) is 9.03. The number of hydrogen-bond donors (Lipinski definition) is 1.